The van der Waals surface area contributed by atoms with Gasteiger partial charge in [-0.1, -0.05) is 47.9 Å². The maximum absolute atomic E-state index is 12.9. The van der Waals surface area contributed by atoms with E-state index in [2.05, 4.69) is 44.9 Å². The molecule has 0 aliphatic carbocycles. The molecule has 0 saturated carbocycles. The number of esters is 4. The third kappa shape index (κ3) is 28.3. The first-order valence-corrected chi connectivity index (χ1v) is 35.1. The highest BCUT2D eigenvalue weighted by atomic mass is 16.6. The summed E-state index contributed by atoms with van der Waals surface area (Å²) in [4.78, 5) is 102. The third-order valence-electron chi connectivity index (χ3n) is 16.5. The minimum Gasteiger partial charge on any atom is -0.491 e. The van der Waals surface area contributed by atoms with Crippen LogP contribution in [0.25, 0.3) is 21.5 Å². The fraction of sp³-hybridized carbons (Fsp3) is 0.294. The quantitative estimate of drug-likeness (QED) is 0.0100. The Balaban J connectivity index is 0.974. The predicted molar refractivity (Wildman–Crippen MR) is 408 cm³/mol. The van der Waals surface area contributed by atoms with Crippen LogP contribution in [0.3, 0.4) is 0 Å². The average Bonchev–Trinajstić information content (AvgIpc) is 0.770. The molecule has 8 aromatic carbocycles. The molecule has 24 nitrogen and oxygen atoms in total. The van der Waals surface area contributed by atoms with E-state index in [0.29, 0.717) is 77.7 Å². The number of aliphatic hydroxyl groups is 4. The number of nitrogens with one attached hydrogen (secondary N) is 4. The second-order valence-electron chi connectivity index (χ2n) is 25.1. The van der Waals surface area contributed by atoms with E-state index < -0.39 is 87.9 Å². The van der Waals surface area contributed by atoms with Crippen molar-refractivity contribution in [2.24, 2.45) is 0 Å². The summed E-state index contributed by atoms with van der Waals surface area (Å²) in [5, 5.41) is 58.0. The van der Waals surface area contributed by atoms with Crippen LogP contribution in [0.1, 0.15) is 110 Å². The number of fused-ring (bicyclic) bond motifs is 2. The summed E-state index contributed by atoms with van der Waals surface area (Å²) in [7, 11) is 0. The van der Waals surface area contributed by atoms with Gasteiger partial charge in [0.25, 0.3) is 0 Å². The molecule has 8 aromatic rings. The van der Waals surface area contributed by atoms with Crippen LogP contribution in [-0.4, -0.2) is 145 Å². The predicted octanol–water partition coefficient (Wildman–Crippen LogP) is 9.88. The fourth-order valence-corrected chi connectivity index (χ4v) is 10.7. The van der Waals surface area contributed by atoms with Crippen LogP contribution < -0.4 is 40.2 Å². The van der Waals surface area contributed by atoms with Gasteiger partial charge in [-0.15, -0.1) is 25.7 Å². The van der Waals surface area contributed by atoms with E-state index in [9.17, 15) is 58.8 Å². The number of benzene rings is 8. The topological polar surface area (TPSA) is 339 Å². The van der Waals surface area contributed by atoms with E-state index in [4.69, 9.17) is 63.6 Å². The third-order valence-corrected chi connectivity index (χ3v) is 16.5. The number of hydrogen-bond acceptors (Lipinski definition) is 20. The van der Waals surface area contributed by atoms with E-state index in [1.54, 1.807) is 158 Å². The lowest BCUT2D eigenvalue weighted by Crippen LogP contribution is -2.26. The molecule has 4 atom stereocenters. The maximum atomic E-state index is 12.9. The van der Waals surface area contributed by atoms with Gasteiger partial charge in [-0.3, -0.25) is 38.4 Å². The van der Waals surface area contributed by atoms with Crippen LogP contribution in [0.15, 0.2) is 158 Å². The molecule has 0 saturated heterocycles. The highest BCUT2D eigenvalue weighted by molar-refractivity contribution is 5.95. The second kappa shape index (κ2) is 43.1. The van der Waals surface area contributed by atoms with E-state index in [0.717, 1.165) is 0 Å². The summed E-state index contributed by atoms with van der Waals surface area (Å²) in [6.45, 7) is -3.29. The number of carbonyl (C=O) groups excluding carboxylic acids is 8. The van der Waals surface area contributed by atoms with E-state index in [1.165, 1.54) is 0 Å². The smallest absolute Gasteiger partial charge is 0.305 e. The number of amides is 4. The molecule has 4 unspecified atom stereocenters. The van der Waals surface area contributed by atoms with Crippen LogP contribution in [0.4, 0.5) is 22.7 Å². The van der Waals surface area contributed by atoms with Gasteiger partial charge in [0.05, 0.1) is 0 Å². The Bertz CT molecular complexity index is 4330. The number of hydrogen-bond donors (Lipinski definition) is 8. The van der Waals surface area contributed by atoms with Gasteiger partial charge in [0, 0.05) is 114 Å². The largest absolute Gasteiger partial charge is 0.491 e. The fourth-order valence-electron chi connectivity index (χ4n) is 10.7. The van der Waals surface area contributed by atoms with Gasteiger partial charge in [0.15, 0.2) is 0 Å². The van der Waals surface area contributed by atoms with Gasteiger partial charge in [-0.05, 0) is 181 Å². The Morgan fingerprint density at radius 2 is 0.560 bits per heavy atom. The molecule has 109 heavy (non-hydrogen) atoms. The standard InChI is InChI=1S/C85H84N4O20/c1-5-56-21-33-62(34-22-56)86-78(94)13-9-17-82(98)106-52-66(90)48-102-70-41-29-60-31-43-76(104-50-68(92)54-108-84(100)19-11-15-80(96)88-64-37-25-58(7-3)26-38-64)74(72(60)45-70)47-75-73-46-71(103-49-67(91)53-107-83(99)18-10-14-79(95)87-63-35-23-57(6-2)24-36-63)42-30-61(73)32-44-77(75)105-51-69(93)55-109-85(101)20-12-16-81(97)89-65-39-27-59(8-4)28-40-65/h1-4,21-46,66-69,90-93H,9-20,47-55H2,(H,86,94)(H,87,95)(H,88,96)(H,89,97). The molecule has 0 radical (unpaired) electrons. The van der Waals surface area contributed by atoms with Gasteiger partial charge < -0.3 is 79.6 Å². The number of carbonyl (C=O) groups is 8. The van der Waals surface area contributed by atoms with E-state index >= 15 is 0 Å². The van der Waals surface area contributed by atoms with Crippen LogP contribution >= 0.6 is 0 Å². The van der Waals surface area contributed by atoms with Crippen molar-refractivity contribution in [2.45, 2.75) is 108 Å². The van der Waals surface area contributed by atoms with Crippen LogP contribution in [0.2, 0.25) is 0 Å². The average molecular weight is 1480 g/mol. The first-order chi connectivity index (χ1) is 52.7. The van der Waals surface area contributed by atoms with Crippen molar-refractivity contribution in [1.29, 1.82) is 0 Å². The summed E-state index contributed by atoms with van der Waals surface area (Å²) in [6, 6.07) is 43.9. The number of terminal acetylenes is 4. The van der Waals surface area contributed by atoms with Crippen molar-refractivity contribution in [1.82, 2.24) is 0 Å². The molecule has 0 aliphatic rings. The van der Waals surface area contributed by atoms with Gasteiger partial charge in [-0.25, -0.2) is 0 Å². The maximum Gasteiger partial charge on any atom is 0.305 e. The van der Waals surface area contributed by atoms with E-state index in [1.807, 2.05) is 0 Å². The molecule has 0 aliphatic heterocycles. The molecule has 8 rings (SSSR count). The highest BCUT2D eigenvalue weighted by Crippen LogP contribution is 2.39. The summed E-state index contributed by atoms with van der Waals surface area (Å²) in [6.07, 6.45) is 16.6. The SMILES string of the molecule is C#Cc1ccc(NC(=O)CCCC(=O)OCC(O)COc2ccc3ccc(OCC(O)COC(=O)CCCC(=O)Nc4ccc(C#C)cc4)c(Cc4c(OCC(O)COC(=O)CCCC(=O)Nc5ccc(C#C)cc5)ccc5ccc(OCC(O)COC(=O)CCCC(=O)Nc6ccc(C#C)cc6)cc45)c3c2)cc1. The van der Waals surface area contributed by atoms with Crippen molar-refractivity contribution < 1.29 is 96.7 Å². The number of rotatable bonds is 42. The van der Waals surface area contributed by atoms with Crippen molar-refractivity contribution in [3.8, 4) is 72.4 Å². The van der Waals surface area contributed by atoms with Crippen LogP contribution in [-0.2, 0) is 63.7 Å². The van der Waals surface area contributed by atoms with Crippen molar-refractivity contribution in [2.75, 3.05) is 74.1 Å². The van der Waals surface area contributed by atoms with Gasteiger partial charge in [0.1, 0.15) is 100 Å². The molecular formula is C85H84N4O20. The van der Waals surface area contributed by atoms with Gasteiger partial charge in [0.2, 0.25) is 23.6 Å². The molecule has 0 aromatic heterocycles. The summed E-state index contributed by atoms with van der Waals surface area (Å²) in [5.74, 6) is 7.08. The van der Waals surface area contributed by atoms with Crippen LogP contribution in [0.5, 0.6) is 23.0 Å². The van der Waals surface area contributed by atoms with Crippen molar-refractivity contribution in [3.63, 3.8) is 0 Å². The molecule has 8 N–H and O–H groups in total. The van der Waals surface area contributed by atoms with Crippen molar-refractivity contribution >= 4 is 91.8 Å². The van der Waals surface area contributed by atoms with Crippen molar-refractivity contribution in [3.05, 3.63) is 191 Å². The molecule has 24 heteroatoms. The zero-order valence-electron chi connectivity index (χ0n) is 59.8. The highest BCUT2D eigenvalue weighted by Gasteiger charge is 2.23. The normalized spacial score (nSPS) is 11.8. The van der Waals surface area contributed by atoms with Crippen LogP contribution in [0, 0.1) is 49.4 Å². The molecule has 0 heterocycles. The lowest BCUT2D eigenvalue weighted by molar-refractivity contribution is -0.148. The Morgan fingerprint density at radius 1 is 0.312 bits per heavy atom. The monoisotopic (exact) mass is 1480 g/mol. The molecule has 4 amide bonds. The number of aliphatic hydroxyl groups excluding tert-OH is 4. The molecule has 0 fully saturated rings. The number of ether oxygens (including phenoxy) is 8. The lowest BCUT2D eigenvalue weighted by atomic mass is 9.93. The first-order valence-electron chi connectivity index (χ1n) is 35.1. The Kier molecular flexibility index (Phi) is 32.4. The molecule has 0 spiro atoms. The Labute approximate surface area is 631 Å². The lowest BCUT2D eigenvalue weighted by Gasteiger charge is -2.21. The first kappa shape index (κ1) is 82.0. The zero-order valence-corrected chi connectivity index (χ0v) is 59.8. The second-order valence-corrected chi connectivity index (χ2v) is 25.1. The summed E-state index contributed by atoms with van der Waals surface area (Å²) in [5.41, 5.74) is 5.71. The molecule has 0 bridgehead atoms. The Hall–Kier alpha value is -12.7. The zero-order chi connectivity index (χ0) is 77.9. The van der Waals surface area contributed by atoms with Gasteiger partial charge >= 0.3 is 23.9 Å². The van der Waals surface area contributed by atoms with E-state index in [-0.39, 0.29) is 143 Å². The minimum atomic E-state index is -1.37. The van der Waals surface area contributed by atoms with Gasteiger partial charge in [-0.2, -0.15) is 0 Å². The Morgan fingerprint density at radius 3 is 0.817 bits per heavy atom. The molecule has 564 valence electrons. The summed E-state index contributed by atoms with van der Waals surface area (Å²) < 4.78 is 46.5. The number of anilines is 4. The minimum absolute atomic E-state index is 0.00612. The summed E-state index contributed by atoms with van der Waals surface area (Å²) >= 11 is 0. The molecular weight excluding hydrogens is 1400 g/mol.